The van der Waals surface area contributed by atoms with Crippen LogP contribution in [-0.2, 0) is 30.5 Å². The SMILES string of the molecule is O=S(=O)(Cc1ccccc1Cl)NCCOc1ccc(S(=O)(=O)N2CCOCC2)cc1. The summed E-state index contributed by atoms with van der Waals surface area (Å²) in [5.74, 6) is 0.224. The summed E-state index contributed by atoms with van der Waals surface area (Å²) in [6.07, 6.45) is 0. The molecule has 0 saturated carbocycles. The van der Waals surface area contributed by atoms with Gasteiger partial charge in [0.25, 0.3) is 0 Å². The van der Waals surface area contributed by atoms with Gasteiger partial charge in [-0.05, 0) is 35.9 Å². The van der Waals surface area contributed by atoms with Gasteiger partial charge in [-0.25, -0.2) is 21.6 Å². The molecular weight excluding hydrogens is 452 g/mol. The summed E-state index contributed by atoms with van der Waals surface area (Å²) in [4.78, 5) is 0.178. The Bertz CT molecular complexity index is 1050. The Morgan fingerprint density at radius 1 is 1.00 bits per heavy atom. The Kier molecular flexibility index (Phi) is 7.72. The predicted octanol–water partition coefficient (Wildman–Crippen LogP) is 1.86. The van der Waals surface area contributed by atoms with Crippen molar-refractivity contribution < 1.29 is 26.3 Å². The highest BCUT2D eigenvalue weighted by atomic mass is 35.5. The predicted molar refractivity (Wildman–Crippen MR) is 114 cm³/mol. The first-order valence-corrected chi connectivity index (χ1v) is 12.8. The normalized spacial score (nSPS) is 15.8. The van der Waals surface area contributed by atoms with E-state index in [1.165, 1.54) is 16.4 Å². The van der Waals surface area contributed by atoms with Crippen molar-refractivity contribution >= 4 is 31.6 Å². The van der Waals surface area contributed by atoms with Crippen LogP contribution in [0.15, 0.2) is 53.4 Å². The molecule has 0 amide bonds. The summed E-state index contributed by atoms with van der Waals surface area (Å²) in [6, 6.07) is 12.8. The van der Waals surface area contributed by atoms with E-state index in [1.807, 2.05) is 0 Å². The molecule has 0 aromatic heterocycles. The topological polar surface area (TPSA) is 102 Å². The van der Waals surface area contributed by atoms with Gasteiger partial charge in [0, 0.05) is 24.7 Å². The lowest BCUT2D eigenvalue weighted by molar-refractivity contribution is 0.0730. The number of rotatable bonds is 9. The van der Waals surface area contributed by atoms with Gasteiger partial charge in [0.1, 0.15) is 12.4 Å². The number of nitrogens with zero attached hydrogens (tertiary/aromatic N) is 1. The summed E-state index contributed by atoms with van der Waals surface area (Å²) in [7, 11) is -7.12. The van der Waals surface area contributed by atoms with E-state index in [9.17, 15) is 16.8 Å². The minimum Gasteiger partial charge on any atom is -0.492 e. The number of benzene rings is 2. The van der Waals surface area contributed by atoms with Crippen molar-refractivity contribution in [2.24, 2.45) is 0 Å². The lowest BCUT2D eigenvalue weighted by atomic mass is 10.2. The maximum Gasteiger partial charge on any atom is 0.243 e. The lowest BCUT2D eigenvalue weighted by Gasteiger charge is -2.26. The largest absolute Gasteiger partial charge is 0.492 e. The molecule has 30 heavy (non-hydrogen) atoms. The van der Waals surface area contributed by atoms with E-state index in [1.54, 1.807) is 36.4 Å². The van der Waals surface area contributed by atoms with Crippen molar-refractivity contribution in [3.05, 3.63) is 59.1 Å². The number of nitrogens with one attached hydrogen (secondary N) is 1. The van der Waals surface area contributed by atoms with E-state index >= 15 is 0 Å². The van der Waals surface area contributed by atoms with Crippen LogP contribution < -0.4 is 9.46 Å². The molecule has 0 atom stereocenters. The van der Waals surface area contributed by atoms with E-state index in [2.05, 4.69) is 4.72 Å². The van der Waals surface area contributed by atoms with Gasteiger partial charge in [-0.3, -0.25) is 0 Å². The molecule has 0 radical (unpaired) electrons. The van der Waals surface area contributed by atoms with E-state index in [4.69, 9.17) is 21.1 Å². The van der Waals surface area contributed by atoms with Gasteiger partial charge in [0.05, 0.1) is 23.9 Å². The fourth-order valence-corrected chi connectivity index (χ4v) is 5.73. The van der Waals surface area contributed by atoms with Gasteiger partial charge < -0.3 is 9.47 Å². The van der Waals surface area contributed by atoms with E-state index in [0.29, 0.717) is 42.6 Å². The third-order valence-electron chi connectivity index (χ3n) is 4.43. The summed E-state index contributed by atoms with van der Waals surface area (Å²) in [6.45, 7) is 1.58. The Balaban J connectivity index is 1.49. The second-order valence-corrected chi connectivity index (χ2v) is 10.7. The smallest absolute Gasteiger partial charge is 0.243 e. The van der Waals surface area contributed by atoms with Crippen LogP contribution in [0.25, 0.3) is 0 Å². The van der Waals surface area contributed by atoms with Crippen molar-refractivity contribution in [3.8, 4) is 5.75 Å². The molecule has 1 aliphatic rings. The summed E-state index contributed by atoms with van der Waals surface area (Å²) in [5, 5.41) is 0.395. The Morgan fingerprint density at radius 3 is 2.33 bits per heavy atom. The summed E-state index contributed by atoms with van der Waals surface area (Å²) >= 11 is 6.00. The first-order chi connectivity index (χ1) is 14.3. The second-order valence-electron chi connectivity index (χ2n) is 6.58. The molecule has 1 N–H and O–H groups in total. The molecule has 0 unspecified atom stereocenters. The molecule has 2 aromatic carbocycles. The average molecular weight is 475 g/mol. The quantitative estimate of drug-likeness (QED) is 0.556. The Labute approximate surface area is 181 Å². The zero-order valence-corrected chi connectivity index (χ0v) is 18.5. The monoisotopic (exact) mass is 474 g/mol. The fourth-order valence-electron chi connectivity index (χ4n) is 2.88. The van der Waals surface area contributed by atoms with Crippen LogP contribution in [0.4, 0.5) is 0 Å². The van der Waals surface area contributed by atoms with E-state index < -0.39 is 20.0 Å². The van der Waals surface area contributed by atoms with Crippen LogP contribution in [-0.4, -0.2) is 60.6 Å². The highest BCUT2D eigenvalue weighted by Gasteiger charge is 2.26. The van der Waals surface area contributed by atoms with Crippen molar-refractivity contribution in [2.75, 3.05) is 39.5 Å². The number of hydrogen-bond donors (Lipinski definition) is 1. The molecule has 164 valence electrons. The molecule has 1 heterocycles. The molecule has 2 aromatic rings. The van der Waals surface area contributed by atoms with Crippen molar-refractivity contribution in [2.45, 2.75) is 10.6 Å². The van der Waals surface area contributed by atoms with Gasteiger partial charge in [0.15, 0.2) is 0 Å². The number of hydrogen-bond acceptors (Lipinski definition) is 6. The van der Waals surface area contributed by atoms with Crippen LogP contribution in [0, 0.1) is 0 Å². The molecule has 1 saturated heterocycles. The minimum atomic E-state index is -3.56. The van der Waals surface area contributed by atoms with E-state index in [-0.39, 0.29) is 23.8 Å². The van der Waals surface area contributed by atoms with Gasteiger partial charge in [-0.1, -0.05) is 29.8 Å². The highest BCUT2D eigenvalue weighted by Crippen LogP contribution is 2.20. The zero-order valence-electron chi connectivity index (χ0n) is 16.2. The van der Waals surface area contributed by atoms with Crippen LogP contribution in [0.2, 0.25) is 5.02 Å². The molecule has 0 spiro atoms. The third-order valence-corrected chi connectivity index (χ3v) is 8.04. The van der Waals surface area contributed by atoms with E-state index in [0.717, 1.165) is 0 Å². The minimum absolute atomic E-state index is 0.0701. The van der Waals surface area contributed by atoms with Gasteiger partial charge in [-0.15, -0.1) is 0 Å². The molecule has 8 nitrogen and oxygen atoms in total. The van der Waals surface area contributed by atoms with Gasteiger partial charge in [-0.2, -0.15) is 4.31 Å². The maximum absolute atomic E-state index is 12.6. The Hall–Kier alpha value is -1.69. The van der Waals surface area contributed by atoms with Crippen LogP contribution >= 0.6 is 11.6 Å². The lowest BCUT2D eigenvalue weighted by Crippen LogP contribution is -2.40. The Morgan fingerprint density at radius 2 is 1.67 bits per heavy atom. The molecule has 0 bridgehead atoms. The summed E-state index contributed by atoms with van der Waals surface area (Å²) < 4.78 is 64.0. The highest BCUT2D eigenvalue weighted by molar-refractivity contribution is 7.89. The molecule has 3 rings (SSSR count). The maximum atomic E-state index is 12.6. The second kappa shape index (κ2) is 10.1. The van der Waals surface area contributed by atoms with Gasteiger partial charge in [0.2, 0.25) is 20.0 Å². The number of ether oxygens (including phenoxy) is 2. The zero-order chi connectivity index (χ0) is 21.6. The molecule has 0 aliphatic carbocycles. The van der Waals surface area contributed by atoms with Crippen molar-refractivity contribution in [1.29, 1.82) is 0 Å². The van der Waals surface area contributed by atoms with Crippen molar-refractivity contribution in [3.63, 3.8) is 0 Å². The number of halogens is 1. The molecule has 1 aliphatic heterocycles. The van der Waals surface area contributed by atoms with Crippen LogP contribution in [0.3, 0.4) is 0 Å². The van der Waals surface area contributed by atoms with Crippen LogP contribution in [0.5, 0.6) is 5.75 Å². The summed E-state index contributed by atoms with van der Waals surface area (Å²) in [5.41, 5.74) is 0.518. The first kappa shape index (κ1) is 23.0. The first-order valence-electron chi connectivity index (χ1n) is 9.29. The van der Waals surface area contributed by atoms with Gasteiger partial charge >= 0.3 is 0 Å². The third kappa shape index (κ3) is 6.16. The standard InChI is InChI=1S/C19H23ClN2O6S2/c20-19-4-2-1-3-16(19)15-29(23,24)21-9-12-28-17-5-7-18(8-6-17)30(25,26)22-10-13-27-14-11-22/h1-8,21H,9-15H2. The average Bonchev–Trinajstić information content (AvgIpc) is 2.74. The fraction of sp³-hybridized carbons (Fsp3) is 0.368. The van der Waals surface area contributed by atoms with Crippen LogP contribution in [0.1, 0.15) is 5.56 Å². The molecule has 1 fully saturated rings. The van der Waals surface area contributed by atoms with Crippen molar-refractivity contribution in [1.82, 2.24) is 9.03 Å². The number of sulfonamides is 2. The molecule has 11 heteroatoms. The molecular formula is C19H23ClN2O6S2. The number of morpholine rings is 1.